The maximum atomic E-state index is 12.5. The fourth-order valence-corrected chi connectivity index (χ4v) is 10.9. The minimum Gasteiger partial charge on any atom is -0.466 e. The van der Waals surface area contributed by atoms with E-state index in [-0.39, 0.29) is 18.5 Å². The Kier molecular flexibility index (Phi) is 62.9. The Balaban J connectivity index is 3.39. The second-order valence-corrected chi connectivity index (χ2v) is 23.5. The van der Waals surface area contributed by atoms with Crippen LogP contribution in [0, 0.1) is 0 Å². The lowest BCUT2D eigenvalue weighted by Gasteiger charge is -2.22. The van der Waals surface area contributed by atoms with E-state index >= 15 is 0 Å². The van der Waals surface area contributed by atoms with Gasteiger partial charge in [-0.3, -0.25) is 9.59 Å². The van der Waals surface area contributed by atoms with Crippen molar-refractivity contribution < 1.29 is 24.5 Å². The molecule has 0 aromatic rings. The highest BCUT2D eigenvalue weighted by molar-refractivity contribution is 5.76. The maximum absolute atomic E-state index is 12.5. The second kappa shape index (κ2) is 64.1. The Labute approximate surface area is 463 Å². The van der Waals surface area contributed by atoms with E-state index in [1.165, 1.54) is 308 Å². The summed E-state index contributed by atoms with van der Waals surface area (Å²) < 4.78 is 5.49. The van der Waals surface area contributed by atoms with Gasteiger partial charge in [0.1, 0.15) is 0 Å². The van der Waals surface area contributed by atoms with Gasteiger partial charge in [0, 0.05) is 12.8 Å². The number of unbranched alkanes of at least 4 members (excludes halogenated alkanes) is 51. The molecule has 0 bridgehead atoms. The molecular weight excluding hydrogens is 911 g/mol. The number of hydrogen-bond acceptors (Lipinski definition) is 5. The van der Waals surface area contributed by atoms with Crippen LogP contribution in [0.2, 0.25) is 0 Å². The molecule has 0 aliphatic carbocycles. The molecule has 3 N–H and O–H groups in total. The number of carbonyl (C=O) groups excluding carboxylic acids is 2. The molecule has 440 valence electrons. The predicted molar refractivity (Wildman–Crippen MR) is 324 cm³/mol. The molecule has 0 rings (SSSR count). The van der Waals surface area contributed by atoms with Crippen LogP contribution in [0.15, 0.2) is 12.2 Å². The molecule has 2 atom stereocenters. The average Bonchev–Trinajstić information content (AvgIpc) is 3.40. The van der Waals surface area contributed by atoms with Crippen molar-refractivity contribution in [1.82, 2.24) is 5.32 Å². The molecule has 6 heteroatoms. The van der Waals surface area contributed by atoms with Gasteiger partial charge in [-0.25, -0.2) is 0 Å². The first kappa shape index (κ1) is 72.6. The average molecular weight is 1040 g/mol. The molecule has 0 fully saturated rings. The highest BCUT2D eigenvalue weighted by Crippen LogP contribution is 2.19. The van der Waals surface area contributed by atoms with E-state index in [1.54, 1.807) is 0 Å². The zero-order chi connectivity index (χ0) is 53.6. The molecule has 0 aliphatic rings. The lowest BCUT2D eigenvalue weighted by molar-refractivity contribution is -0.143. The van der Waals surface area contributed by atoms with Crippen LogP contribution >= 0.6 is 0 Å². The van der Waals surface area contributed by atoms with E-state index in [2.05, 4.69) is 31.3 Å². The molecule has 0 heterocycles. The van der Waals surface area contributed by atoms with E-state index in [0.717, 1.165) is 44.9 Å². The smallest absolute Gasteiger partial charge is 0.305 e. The van der Waals surface area contributed by atoms with Gasteiger partial charge < -0.3 is 20.3 Å². The van der Waals surface area contributed by atoms with Gasteiger partial charge >= 0.3 is 5.97 Å². The quantitative estimate of drug-likeness (QED) is 0.0320. The number of hydrogen-bond donors (Lipinski definition) is 3. The summed E-state index contributed by atoms with van der Waals surface area (Å²) in [6.07, 6.45) is 78.1. The second-order valence-electron chi connectivity index (χ2n) is 23.5. The van der Waals surface area contributed by atoms with Crippen molar-refractivity contribution in [2.45, 2.75) is 398 Å². The van der Waals surface area contributed by atoms with Crippen LogP contribution in [0.5, 0.6) is 0 Å². The Morgan fingerprint density at radius 3 is 0.959 bits per heavy atom. The highest BCUT2D eigenvalue weighted by atomic mass is 16.5. The molecule has 0 saturated heterocycles. The summed E-state index contributed by atoms with van der Waals surface area (Å²) >= 11 is 0. The number of ether oxygens (including phenoxy) is 1. The van der Waals surface area contributed by atoms with Gasteiger partial charge in [0.05, 0.1) is 25.4 Å². The van der Waals surface area contributed by atoms with Crippen LogP contribution < -0.4 is 5.32 Å². The first-order chi connectivity index (χ1) is 36.5. The summed E-state index contributed by atoms with van der Waals surface area (Å²) in [5.41, 5.74) is 0. The third-order valence-electron chi connectivity index (χ3n) is 16.1. The molecule has 1 amide bonds. The number of nitrogens with one attached hydrogen (secondary N) is 1. The fraction of sp³-hybridized carbons (Fsp3) is 0.941. The lowest BCUT2D eigenvalue weighted by atomic mass is 10.0. The van der Waals surface area contributed by atoms with E-state index < -0.39 is 12.1 Å². The van der Waals surface area contributed by atoms with Crippen molar-refractivity contribution in [2.24, 2.45) is 0 Å². The van der Waals surface area contributed by atoms with Crippen molar-refractivity contribution in [3.63, 3.8) is 0 Å². The molecular formula is C68H133NO5. The molecule has 6 nitrogen and oxygen atoms in total. The topological polar surface area (TPSA) is 95.9 Å². The molecule has 0 aromatic carbocycles. The van der Waals surface area contributed by atoms with Crippen molar-refractivity contribution in [3.8, 4) is 0 Å². The van der Waals surface area contributed by atoms with Crippen molar-refractivity contribution in [2.75, 3.05) is 13.2 Å². The van der Waals surface area contributed by atoms with Crippen LogP contribution in [0.1, 0.15) is 386 Å². The number of esters is 1. The van der Waals surface area contributed by atoms with Crippen LogP contribution in [-0.2, 0) is 14.3 Å². The van der Waals surface area contributed by atoms with E-state index in [1.807, 2.05) is 0 Å². The summed E-state index contributed by atoms with van der Waals surface area (Å²) in [5, 5.41) is 23.4. The molecule has 0 aromatic heterocycles. The van der Waals surface area contributed by atoms with Gasteiger partial charge in [0.25, 0.3) is 0 Å². The maximum Gasteiger partial charge on any atom is 0.305 e. The van der Waals surface area contributed by atoms with E-state index in [9.17, 15) is 19.8 Å². The molecule has 0 spiro atoms. The van der Waals surface area contributed by atoms with Crippen molar-refractivity contribution in [1.29, 1.82) is 0 Å². The third kappa shape index (κ3) is 59.8. The fourth-order valence-electron chi connectivity index (χ4n) is 10.9. The SMILES string of the molecule is CCCCCCCCC/C=C\CCCCCCCC(=O)OCCCCCCCCCCCCCCCCCCCCCC(=O)NC(CO)C(O)CCCCCCCCCCCCCCCCCCCCCCCC. The van der Waals surface area contributed by atoms with Crippen LogP contribution in [0.4, 0.5) is 0 Å². The monoisotopic (exact) mass is 1040 g/mol. The highest BCUT2D eigenvalue weighted by Gasteiger charge is 2.20. The third-order valence-corrected chi connectivity index (χ3v) is 16.1. The van der Waals surface area contributed by atoms with Crippen LogP contribution in [-0.4, -0.2) is 47.4 Å². The van der Waals surface area contributed by atoms with Gasteiger partial charge in [-0.1, -0.05) is 334 Å². The molecule has 0 aliphatic heterocycles. The Morgan fingerprint density at radius 1 is 0.365 bits per heavy atom. The van der Waals surface area contributed by atoms with Gasteiger partial charge in [-0.15, -0.1) is 0 Å². The summed E-state index contributed by atoms with van der Waals surface area (Å²) in [7, 11) is 0. The van der Waals surface area contributed by atoms with Crippen molar-refractivity contribution in [3.05, 3.63) is 12.2 Å². The molecule has 0 saturated carbocycles. The lowest BCUT2D eigenvalue weighted by Crippen LogP contribution is -2.45. The van der Waals surface area contributed by atoms with Crippen LogP contribution in [0.25, 0.3) is 0 Å². The van der Waals surface area contributed by atoms with Crippen molar-refractivity contribution >= 4 is 11.9 Å². The largest absolute Gasteiger partial charge is 0.466 e. The first-order valence-electron chi connectivity index (χ1n) is 33.9. The first-order valence-corrected chi connectivity index (χ1v) is 33.9. The summed E-state index contributed by atoms with van der Waals surface area (Å²) in [6.45, 7) is 4.98. The minimum atomic E-state index is -0.667. The number of amides is 1. The van der Waals surface area contributed by atoms with Gasteiger partial charge in [0.2, 0.25) is 5.91 Å². The minimum absolute atomic E-state index is 0.00301. The number of aliphatic hydroxyl groups excluding tert-OH is 2. The Morgan fingerprint density at radius 2 is 0.635 bits per heavy atom. The molecule has 0 radical (unpaired) electrons. The number of aliphatic hydroxyl groups is 2. The molecule has 2 unspecified atom stereocenters. The van der Waals surface area contributed by atoms with Gasteiger partial charge in [-0.2, -0.15) is 0 Å². The zero-order valence-corrected chi connectivity index (χ0v) is 50.4. The summed E-state index contributed by atoms with van der Waals surface area (Å²) in [6, 6.07) is -0.544. The standard InChI is InChI=1S/C68H133NO5/c1-3-5-7-9-11-13-15-17-19-21-22-23-24-26-29-32-36-40-44-48-52-56-60-66(71)65(64-70)69-67(72)61-57-53-49-45-41-37-33-30-27-25-28-31-35-39-43-47-51-55-59-63-74-68(73)62-58-54-50-46-42-38-34-20-18-16-14-12-10-8-6-4-2/h20,34,65-66,70-71H,3-19,21-33,35-64H2,1-2H3,(H,69,72)/b34-20-. The Hall–Kier alpha value is -1.40. The van der Waals surface area contributed by atoms with E-state index in [4.69, 9.17) is 4.74 Å². The number of allylic oxidation sites excluding steroid dienone is 2. The molecule has 74 heavy (non-hydrogen) atoms. The van der Waals surface area contributed by atoms with Gasteiger partial charge in [-0.05, 0) is 51.4 Å². The number of rotatable bonds is 64. The normalized spacial score (nSPS) is 12.5. The number of carbonyl (C=O) groups is 2. The summed E-state index contributed by atoms with van der Waals surface area (Å²) in [5.74, 6) is -0.0302. The Bertz CT molecular complexity index is 1110. The predicted octanol–water partition coefficient (Wildman–Crippen LogP) is 21.6. The summed E-state index contributed by atoms with van der Waals surface area (Å²) in [4.78, 5) is 24.6. The van der Waals surface area contributed by atoms with E-state index in [0.29, 0.717) is 25.9 Å². The van der Waals surface area contributed by atoms with Gasteiger partial charge in [0.15, 0.2) is 0 Å². The van der Waals surface area contributed by atoms with Crippen LogP contribution in [0.3, 0.4) is 0 Å². The zero-order valence-electron chi connectivity index (χ0n) is 50.4.